The molecule has 6 nitrogen and oxygen atoms in total. The second kappa shape index (κ2) is 9.48. The number of halogens is 1. The molecule has 0 saturated heterocycles. The van der Waals surface area contributed by atoms with E-state index in [0.717, 1.165) is 12.0 Å². The third kappa shape index (κ3) is 5.59. The van der Waals surface area contributed by atoms with Crippen LogP contribution in [0.15, 0.2) is 42.2 Å². The molecular weight excluding hydrogens is 429 g/mol. The molecule has 0 bridgehead atoms. The predicted molar refractivity (Wildman–Crippen MR) is 124 cm³/mol. The number of aromatic nitrogens is 2. The van der Waals surface area contributed by atoms with E-state index in [4.69, 9.17) is 9.47 Å². The Bertz CT molecular complexity index is 991. The van der Waals surface area contributed by atoms with Crippen molar-refractivity contribution in [3.05, 3.63) is 54.2 Å². The van der Waals surface area contributed by atoms with Gasteiger partial charge in [-0.1, -0.05) is 19.9 Å². The van der Waals surface area contributed by atoms with Gasteiger partial charge < -0.3 is 14.8 Å². The van der Waals surface area contributed by atoms with Gasteiger partial charge in [-0.25, -0.2) is 14.2 Å². The lowest BCUT2D eigenvalue weighted by Gasteiger charge is -2.35. The fourth-order valence-corrected chi connectivity index (χ4v) is 4.08. The van der Waals surface area contributed by atoms with Gasteiger partial charge in [0.1, 0.15) is 33.8 Å². The van der Waals surface area contributed by atoms with Crippen molar-refractivity contribution in [2.45, 2.75) is 75.6 Å². The average molecular weight is 460 g/mol. The molecule has 8 heteroatoms. The van der Waals surface area contributed by atoms with Crippen LogP contribution in [-0.4, -0.2) is 27.3 Å². The van der Waals surface area contributed by atoms with Crippen LogP contribution in [0.25, 0.3) is 5.57 Å². The Morgan fingerprint density at radius 2 is 2.06 bits per heavy atom. The van der Waals surface area contributed by atoms with Gasteiger partial charge in [-0.05, 0) is 63.8 Å². The normalized spacial score (nSPS) is 19.8. The van der Waals surface area contributed by atoms with E-state index in [1.165, 1.54) is 12.1 Å². The highest BCUT2D eigenvalue weighted by molar-refractivity contribution is 7.80. The number of fused-ring (bicyclic) bond motifs is 1. The maximum atomic E-state index is 14.1. The quantitative estimate of drug-likeness (QED) is 0.505. The molecule has 1 aromatic carbocycles. The highest BCUT2D eigenvalue weighted by Gasteiger charge is 2.49. The first kappa shape index (κ1) is 24.0. The Hall–Kier alpha value is -2.61. The minimum atomic E-state index is -0.776. The summed E-state index contributed by atoms with van der Waals surface area (Å²) in [5.41, 5.74) is 0.639. The summed E-state index contributed by atoms with van der Waals surface area (Å²) in [5, 5.41) is 3.47. The molecule has 1 amide bonds. The van der Waals surface area contributed by atoms with Gasteiger partial charge in [-0.2, -0.15) is 0 Å². The summed E-state index contributed by atoms with van der Waals surface area (Å²) in [5.74, 6) is 0.174. The van der Waals surface area contributed by atoms with Crippen LogP contribution in [0.3, 0.4) is 0 Å². The molecule has 172 valence electrons. The molecule has 1 aliphatic heterocycles. The lowest BCUT2D eigenvalue weighted by Crippen LogP contribution is -2.47. The van der Waals surface area contributed by atoms with Gasteiger partial charge in [0.25, 0.3) is 0 Å². The molecule has 2 heterocycles. The number of benzene rings is 1. The fraction of sp³-hybridized carbons (Fsp3) is 0.458. The molecule has 32 heavy (non-hydrogen) atoms. The second-order valence-electron chi connectivity index (χ2n) is 9.04. The third-order valence-electron chi connectivity index (χ3n) is 5.31. The molecule has 0 aliphatic carbocycles. The van der Waals surface area contributed by atoms with Crippen molar-refractivity contribution < 1.29 is 18.7 Å². The lowest BCUT2D eigenvalue weighted by atomic mass is 9.82. The number of carbonyl (C=O) groups excluding carboxylic acids is 1. The monoisotopic (exact) mass is 459 g/mol. The Balaban J connectivity index is 1.89. The summed E-state index contributed by atoms with van der Waals surface area (Å²) in [6, 6.07) is 3.82. The van der Waals surface area contributed by atoms with E-state index in [1.807, 2.05) is 6.92 Å². The molecular formula is C24H30FN3O3S. The van der Waals surface area contributed by atoms with Crippen LogP contribution in [-0.2, 0) is 4.74 Å². The van der Waals surface area contributed by atoms with E-state index < -0.39 is 23.3 Å². The number of nitrogens with one attached hydrogen (secondary N) is 1. The van der Waals surface area contributed by atoms with Crippen molar-refractivity contribution in [1.29, 1.82) is 0 Å². The summed E-state index contributed by atoms with van der Waals surface area (Å²) in [6.45, 7) is 11.6. The molecule has 1 N–H and O–H groups in total. The van der Waals surface area contributed by atoms with Gasteiger partial charge >= 0.3 is 6.09 Å². The zero-order valence-electron chi connectivity index (χ0n) is 18.9. The Morgan fingerprint density at radius 1 is 1.31 bits per heavy atom. The lowest BCUT2D eigenvalue weighted by molar-refractivity contribution is 0.0192. The molecule has 2 atom stereocenters. The van der Waals surface area contributed by atoms with Crippen molar-refractivity contribution in [3.63, 3.8) is 0 Å². The summed E-state index contributed by atoms with van der Waals surface area (Å²) in [6.07, 6.45) is 5.19. The molecule has 2 aromatic rings. The van der Waals surface area contributed by atoms with E-state index in [1.54, 1.807) is 39.2 Å². The Morgan fingerprint density at radius 3 is 2.69 bits per heavy atom. The predicted octanol–water partition coefficient (Wildman–Crippen LogP) is 5.90. The summed E-state index contributed by atoms with van der Waals surface area (Å²) in [4.78, 5) is 21.2. The average Bonchev–Trinajstić information content (AvgIpc) is 2.98. The molecule has 0 radical (unpaired) electrons. The van der Waals surface area contributed by atoms with E-state index in [0.29, 0.717) is 41.3 Å². The van der Waals surface area contributed by atoms with Crippen molar-refractivity contribution in [1.82, 2.24) is 15.3 Å². The van der Waals surface area contributed by atoms with Gasteiger partial charge in [0.05, 0.1) is 18.1 Å². The first-order valence-electron chi connectivity index (χ1n) is 10.7. The zero-order valence-corrected chi connectivity index (χ0v) is 19.8. The number of allylic oxidation sites excluding steroid dienone is 1. The van der Waals surface area contributed by atoms with Crippen molar-refractivity contribution in [3.8, 4) is 5.75 Å². The Kier molecular flexibility index (Phi) is 7.12. The van der Waals surface area contributed by atoms with Gasteiger partial charge in [0, 0.05) is 5.56 Å². The minimum absolute atomic E-state index is 0.387. The topological polar surface area (TPSA) is 73.3 Å². The first-order chi connectivity index (χ1) is 15.0. The van der Waals surface area contributed by atoms with Gasteiger partial charge in [0.2, 0.25) is 0 Å². The summed E-state index contributed by atoms with van der Waals surface area (Å²) >= 11 is 4.17. The number of nitrogens with zero attached hydrogens (tertiary/aromatic N) is 2. The molecule has 3 rings (SSSR count). The standard InChI is InChI=1S/C24H30FN3O3S/c1-6-10-24(11-9-15(2)18-13-27-20(32)14-26-18)21(28-22(29)31-23(3,4)5)17-12-16(25)7-8-19(17)30-24/h7-8,12-14,21H,2,6,9-11H2,1,3-5H3,(H,27,32)(H,28,29)/t21-,24?/m1/s1. The summed E-state index contributed by atoms with van der Waals surface area (Å²) in [7, 11) is 0. The number of hydrogen-bond acceptors (Lipinski definition) is 6. The maximum Gasteiger partial charge on any atom is 0.408 e. The first-order valence-corrected chi connectivity index (χ1v) is 11.1. The van der Waals surface area contributed by atoms with Crippen LogP contribution >= 0.6 is 12.6 Å². The smallest absolute Gasteiger partial charge is 0.408 e. The van der Waals surface area contributed by atoms with Crippen molar-refractivity contribution in [2.75, 3.05) is 0 Å². The summed E-state index contributed by atoms with van der Waals surface area (Å²) < 4.78 is 26.0. The molecule has 1 aliphatic rings. The van der Waals surface area contributed by atoms with E-state index in [-0.39, 0.29) is 5.82 Å². The van der Waals surface area contributed by atoms with Gasteiger partial charge in [0.15, 0.2) is 0 Å². The van der Waals surface area contributed by atoms with Gasteiger partial charge in [-0.15, -0.1) is 12.6 Å². The van der Waals surface area contributed by atoms with Crippen LogP contribution in [0.5, 0.6) is 5.75 Å². The zero-order chi connectivity index (χ0) is 23.5. The van der Waals surface area contributed by atoms with Crippen LogP contribution in [0.2, 0.25) is 0 Å². The minimum Gasteiger partial charge on any atom is -0.484 e. The largest absolute Gasteiger partial charge is 0.484 e. The number of rotatable bonds is 7. The molecule has 1 aromatic heterocycles. The van der Waals surface area contributed by atoms with E-state index in [9.17, 15) is 9.18 Å². The number of thiol groups is 1. The highest BCUT2D eigenvalue weighted by Crippen LogP contribution is 2.49. The van der Waals surface area contributed by atoms with E-state index >= 15 is 0 Å². The van der Waals surface area contributed by atoms with Crippen molar-refractivity contribution in [2.24, 2.45) is 0 Å². The number of ether oxygens (including phenoxy) is 2. The van der Waals surface area contributed by atoms with Crippen LogP contribution in [0.1, 0.15) is 70.7 Å². The van der Waals surface area contributed by atoms with Crippen LogP contribution < -0.4 is 10.1 Å². The Labute approximate surface area is 194 Å². The number of alkyl carbamates (subject to hydrolysis) is 1. The molecule has 0 spiro atoms. The molecule has 1 unspecified atom stereocenters. The second-order valence-corrected chi connectivity index (χ2v) is 9.50. The fourth-order valence-electron chi connectivity index (χ4n) is 3.97. The van der Waals surface area contributed by atoms with Crippen LogP contribution in [0, 0.1) is 5.82 Å². The van der Waals surface area contributed by atoms with Crippen molar-refractivity contribution >= 4 is 24.3 Å². The SMILES string of the molecule is C=C(CCC1(CCC)Oc2ccc(F)cc2[C@H]1NC(=O)OC(C)(C)C)c1cnc(S)cn1. The highest BCUT2D eigenvalue weighted by atomic mass is 32.1. The van der Waals surface area contributed by atoms with E-state index in [2.05, 4.69) is 34.5 Å². The maximum absolute atomic E-state index is 14.1. The number of carbonyl (C=O) groups is 1. The third-order valence-corrected chi connectivity index (χ3v) is 5.54. The van der Waals surface area contributed by atoms with Crippen LogP contribution in [0.4, 0.5) is 9.18 Å². The number of hydrogen-bond donors (Lipinski definition) is 2. The molecule has 0 saturated carbocycles. The van der Waals surface area contributed by atoms with Gasteiger partial charge in [-0.3, -0.25) is 4.98 Å². The number of amides is 1. The molecule has 0 fully saturated rings.